The number of hydrogen-bond donors (Lipinski definition) is 1. The summed E-state index contributed by atoms with van der Waals surface area (Å²) >= 11 is 0. The van der Waals surface area contributed by atoms with E-state index in [1.807, 2.05) is 31.2 Å². The molecule has 1 N–H and O–H groups in total. The first-order valence-corrected chi connectivity index (χ1v) is 6.64. The van der Waals surface area contributed by atoms with E-state index in [2.05, 4.69) is 6.92 Å². The van der Waals surface area contributed by atoms with Crippen LogP contribution >= 0.6 is 0 Å². The lowest BCUT2D eigenvalue weighted by Crippen LogP contribution is -2.02. The molecule has 100 valence electrons. The van der Waals surface area contributed by atoms with Gasteiger partial charge in [-0.15, -0.1) is 0 Å². The molecule has 0 fully saturated rings. The average molecular weight is 258 g/mol. The Morgan fingerprint density at radius 1 is 1.11 bits per heavy atom. The van der Waals surface area contributed by atoms with Gasteiger partial charge in [-0.25, -0.2) is 4.39 Å². The van der Waals surface area contributed by atoms with Gasteiger partial charge in [0.1, 0.15) is 11.9 Å². The molecule has 2 aromatic rings. The van der Waals surface area contributed by atoms with Crippen molar-refractivity contribution in [2.75, 3.05) is 0 Å². The summed E-state index contributed by atoms with van der Waals surface area (Å²) in [6.45, 7) is 3.96. The molecule has 0 aliphatic carbocycles. The Kier molecular flexibility index (Phi) is 4.33. The monoisotopic (exact) mass is 258 g/mol. The third-order valence-corrected chi connectivity index (χ3v) is 3.36. The molecule has 1 unspecified atom stereocenters. The summed E-state index contributed by atoms with van der Waals surface area (Å²) in [6.07, 6.45) is 1.46. The highest BCUT2D eigenvalue weighted by molar-refractivity contribution is 5.36. The summed E-state index contributed by atoms with van der Waals surface area (Å²) in [6, 6.07) is 12.5. The zero-order chi connectivity index (χ0) is 13.8. The zero-order valence-corrected chi connectivity index (χ0v) is 11.4. The second kappa shape index (κ2) is 5.98. The molecule has 0 spiro atoms. The van der Waals surface area contributed by atoms with Crippen molar-refractivity contribution in [2.45, 2.75) is 32.8 Å². The summed E-state index contributed by atoms with van der Waals surface area (Å²) < 4.78 is 13.1. The summed E-state index contributed by atoms with van der Waals surface area (Å²) in [5.41, 5.74) is 3.64. The molecular weight excluding hydrogens is 239 g/mol. The molecule has 0 aliphatic heterocycles. The van der Waals surface area contributed by atoms with Crippen LogP contribution in [-0.4, -0.2) is 5.11 Å². The molecule has 1 nitrogen and oxygen atoms in total. The van der Waals surface area contributed by atoms with Gasteiger partial charge < -0.3 is 5.11 Å². The van der Waals surface area contributed by atoms with Crippen LogP contribution in [0.4, 0.5) is 4.39 Å². The quantitative estimate of drug-likeness (QED) is 0.872. The Morgan fingerprint density at radius 3 is 2.37 bits per heavy atom. The maximum Gasteiger partial charge on any atom is 0.123 e. The third-order valence-electron chi connectivity index (χ3n) is 3.36. The van der Waals surface area contributed by atoms with Gasteiger partial charge in [0.05, 0.1) is 0 Å². The van der Waals surface area contributed by atoms with Gasteiger partial charge in [-0.3, -0.25) is 0 Å². The molecule has 19 heavy (non-hydrogen) atoms. The first-order valence-electron chi connectivity index (χ1n) is 6.64. The number of hydrogen-bond acceptors (Lipinski definition) is 1. The number of aliphatic hydroxyl groups excluding tert-OH is 1. The van der Waals surface area contributed by atoms with E-state index in [0.29, 0.717) is 0 Å². The molecule has 0 amide bonds. The first-order chi connectivity index (χ1) is 9.11. The second-order valence-electron chi connectivity index (χ2n) is 4.90. The van der Waals surface area contributed by atoms with Crippen LogP contribution < -0.4 is 0 Å². The standard InChI is InChI=1S/C17H19FO/c1-3-4-13-5-7-14(8-6-13)17(19)16-10-9-15(18)11-12(16)2/h5-11,17,19H,3-4H2,1-2H3. The maximum atomic E-state index is 13.1. The van der Waals surface area contributed by atoms with Gasteiger partial charge in [0.25, 0.3) is 0 Å². The summed E-state index contributed by atoms with van der Waals surface area (Å²) in [5, 5.41) is 10.4. The van der Waals surface area contributed by atoms with E-state index < -0.39 is 6.10 Å². The van der Waals surface area contributed by atoms with Gasteiger partial charge in [0.2, 0.25) is 0 Å². The maximum absolute atomic E-state index is 13.1. The van der Waals surface area contributed by atoms with Crippen LogP contribution in [0.15, 0.2) is 42.5 Å². The Hall–Kier alpha value is -1.67. The molecule has 2 aromatic carbocycles. The topological polar surface area (TPSA) is 20.2 Å². The molecule has 0 saturated carbocycles. The van der Waals surface area contributed by atoms with Gasteiger partial charge in [-0.2, -0.15) is 0 Å². The molecule has 1 atom stereocenters. The van der Waals surface area contributed by atoms with Crippen molar-refractivity contribution < 1.29 is 9.50 Å². The summed E-state index contributed by atoms with van der Waals surface area (Å²) in [5.74, 6) is -0.272. The number of halogens is 1. The van der Waals surface area contributed by atoms with Crippen molar-refractivity contribution >= 4 is 0 Å². The molecule has 2 heteroatoms. The van der Waals surface area contributed by atoms with Crippen molar-refractivity contribution in [3.05, 3.63) is 70.5 Å². The molecule has 2 rings (SSSR count). The molecule has 0 bridgehead atoms. The minimum Gasteiger partial charge on any atom is -0.384 e. The van der Waals surface area contributed by atoms with E-state index in [1.165, 1.54) is 17.7 Å². The van der Waals surface area contributed by atoms with Crippen LogP contribution in [0.25, 0.3) is 0 Å². The van der Waals surface area contributed by atoms with Crippen molar-refractivity contribution in [1.29, 1.82) is 0 Å². The van der Waals surface area contributed by atoms with Crippen LogP contribution in [-0.2, 0) is 6.42 Å². The van der Waals surface area contributed by atoms with E-state index in [-0.39, 0.29) is 5.82 Å². The van der Waals surface area contributed by atoms with Crippen LogP contribution in [0.1, 0.15) is 41.7 Å². The number of aliphatic hydroxyl groups is 1. The minimum absolute atomic E-state index is 0.272. The number of aryl methyl sites for hydroxylation is 2. The van der Waals surface area contributed by atoms with Crippen LogP contribution in [0.5, 0.6) is 0 Å². The van der Waals surface area contributed by atoms with Gasteiger partial charge >= 0.3 is 0 Å². The summed E-state index contributed by atoms with van der Waals surface area (Å²) in [4.78, 5) is 0. The number of benzene rings is 2. The van der Waals surface area contributed by atoms with E-state index >= 15 is 0 Å². The molecule has 0 saturated heterocycles. The minimum atomic E-state index is -0.698. The highest BCUT2D eigenvalue weighted by Gasteiger charge is 2.13. The van der Waals surface area contributed by atoms with Gasteiger partial charge in [0, 0.05) is 0 Å². The van der Waals surface area contributed by atoms with Gasteiger partial charge in [-0.05, 0) is 47.7 Å². The predicted molar refractivity (Wildman–Crippen MR) is 75.6 cm³/mol. The average Bonchev–Trinajstić information content (AvgIpc) is 2.39. The lowest BCUT2D eigenvalue weighted by Gasteiger charge is -2.14. The van der Waals surface area contributed by atoms with Crippen molar-refractivity contribution in [1.82, 2.24) is 0 Å². The third kappa shape index (κ3) is 3.21. The predicted octanol–water partition coefficient (Wildman–Crippen LogP) is 4.17. The Bertz CT molecular complexity index is 546. The fourth-order valence-electron chi connectivity index (χ4n) is 2.28. The van der Waals surface area contributed by atoms with Gasteiger partial charge in [-0.1, -0.05) is 43.7 Å². The Balaban J connectivity index is 2.25. The highest BCUT2D eigenvalue weighted by Crippen LogP contribution is 2.25. The van der Waals surface area contributed by atoms with E-state index in [9.17, 15) is 9.50 Å². The lowest BCUT2D eigenvalue weighted by atomic mass is 9.96. The van der Waals surface area contributed by atoms with E-state index in [1.54, 1.807) is 6.07 Å². The second-order valence-corrected chi connectivity index (χ2v) is 4.90. The van der Waals surface area contributed by atoms with Crippen molar-refractivity contribution in [3.63, 3.8) is 0 Å². The normalized spacial score (nSPS) is 12.4. The summed E-state index contributed by atoms with van der Waals surface area (Å²) in [7, 11) is 0. The largest absolute Gasteiger partial charge is 0.384 e. The van der Waals surface area contributed by atoms with Crippen LogP contribution in [0, 0.1) is 12.7 Å². The highest BCUT2D eigenvalue weighted by atomic mass is 19.1. The molecule has 0 radical (unpaired) electrons. The van der Waals surface area contributed by atoms with Crippen molar-refractivity contribution in [3.8, 4) is 0 Å². The van der Waals surface area contributed by atoms with Crippen LogP contribution in [0.2, 0.25) is 0 Å². The Labute approximate surface area is 113 Å². The molecule has 0 aliphatic rings. The van der Waals surface area contributed by atoms with Crippen LogP contribution in [0.3, 0.4) is 0 Å². The van der Waals surface area contributed by atoms with E-state index in [0.717, 1.165) is 29.5 Å². The fraction of sp³-hybridized carbons (Fsp3) is 0.294. The van der Waals surface area contributed by atoms with Crippen molar-refractivity contribution in [2.24, 2.45) is 0 Å². The molecular formula is C17H19FO. The fourth-order valence-corrected chi connectivity index (χ4v) is 2.28. The zero-order valence-electron chi connectivity index (χ0n) is 11.4. The van der Waals surface area contributed by atoms with E-state index in [4.69, 9.17) is 0 Å². The van der Waals surface area contributed by atoms with Gasteiger partial charge in [0.15, 0.2) is 0 Å². The Morgan fingerprint density at radius 2 is 1.79 bits per heavy atom. The number of rotatable bonds is 4. The first kappa shape index (κ1) is 13.8. The molecule has 0 aromatic heterocycles. The SMILES string of the molecule is CCCc1ccc(C(O)c2ccc(F)cc2C)cc1. The smallest absolute Gasteiger partial charge is 0.123 e. The lowest BCUT2D eigenvalue weighted by molar-refractivity contribution is 0.219. The molecule has 0 heterocycles.